The minimum atomic E-state index is -1.58. The summed E-state index contributed by atoms with van der Waals surface area (Å²) in [5.41, 5.74) is 2.39. The summed E-state index contributed by atoms with van der Waals surface area (Å²) in [5, 5.41) is 47.1. The van der Waals surface area contributed by atoms with E-state index in [0.29, 0.717) is 0 Å². The maximum Gasteiger partial charge on any atom is 0.337 e. The molecular formula is C13H17NO8. The molecular weight excluding hydrogens is 298 g/mol. The van der Waals surface area contributed by atoms with Gasteiger partial charge in [0.05, 0.1) is 17.9 Å². The zero-order valence-corrected chi connectivity index (χ0v) is 11.4. The average Bonchev–Trinajstić information content (AvgIpc) is 2.52. The van der Waals surface area contributed by atoms with Crippen LogP contribution in [0.1, 0.15) is 10.4 Å². The lowest BCUT2D eigenvalue weighted by Gasteiger charge is -2.39. The largest absolute Gasteiger partial charge is 0.478 e. The van der Waals surface area contributed by atoms with E-state index in [0.717, 1.165) is 0 Å². The molecule has 1 heterocycles. The van der Waals surface area contributed by atoms with Crippen LogP contribution in [-0.2, 0) is 9.57 Å². The molecule has 1 aliphatic heterocycles. The molecule has 9 nitrogen and oxygen atoms in total. The predicted octanol–water partition coefficient (Wildman–Crippen LogP) is -1.47. The molecule has 6 N–H and O–H groups in total. The van der Waals surface area contributed by atoms with Gasteiger partial charge in [-0.3, -0.25) is 5.48 Å². The van der Waals surface area contributed by atoms with Crippen molar-refractivity contribution in [3.8, 4) is 0 Å². The number of carboxylic acids is 1. The maximum absolute atomic E-state index is 11.0. The highest BCUT2D eigenvalue weighted by Crippen LogP contribution is 2.23. The van der Waals surface area contributed by atoms with Gasteiger partial charge in [-0.2, -0.15) is 0 Å². The first-order valence-electron chi connectivity index (χ1n) is 6.50. The molecule has 2 rings (SSSR count). The Hall–Kier alpha value is -1.75. The molecule has 22 heavy (non-hydrogen) atoms. The molecule has 9 heteroatoms. The second kappa shape index (κ2) is 7.01. The third kappa shape index (κ3) is 3.35. The summed E-state index contributed by atoms with van der Waals surface area (Å²) in [6.45, 7) is -0.587. The quantitative estimate of drug-likeness (QED) is 0.358. The van der Waals surface area contributed by atoms with Gasteiger partial charge in [0.25, 0.3) is 0 Å². The number of para-hydroxylation sites is 1. The van der Waals surface area contributed by atoms with Crippen LogP contribution in [0, 0.1) is 0 Å². The summed E-state index contributed by atoms with van der Waals surface area (Å²) in [4.78, 5) is 16.1. The Morgan fingerprint density at radius 1 is 1.18 bits per heavy atom. The molecule has 122 valence electrons. The number of anilines is 1. The average molecular weight is 315 g/mol. The number of hydrogen-bond donors (Lipinski definition) is 6. The summed E-state index contributed by atoms with van der Waals surface area (Å²) in [6, 6.07) is 5.89. The van der Waals surface area contributed by atoms with E-state index in [4.69, 9.17) is 19.8 Å². The first kappa shape index (κ1) is 16.6. The third-order valence-corrected chi connectivity index (χ3v) is 3.29. The number of aliphatic hydroxyl groups excluding tert-OH is 4. The summed E-state index contributed by atoms with van der Waals surface area (Å²) in [6.07, 6.45) is -7.17. The van der Waals surface area contributed by atoms with Crippen molar-refractivity contribution < 1.29 is 39.9 Å². The molecule has 0 bridgehead atoms. The third-order valence-electron chi connectivity index (χ3n) is 3.29. The van der Waals surface area contributed by atoms with E-state index < -0.39 is 43.3 Å². The Bertz CT molecular complexity index is 523. The van der Waals surface area contributed by atoms with E-state index in [-0.39, 0.29) is 11.3 Å². The van der Waals surface area contributed by atoms with Crippen molar-refractivity contribution in [2.45, 2.75) is 30.7 Å². The number of aliphatic hydroxyl groups is 4. The number of ether oxygens (including phenoxy) is 1. The summed E-state index contributed by atoms with van der Waals surface area (Å²) < 4.78 is 5.11. The van der Waals surface area contributed by atoms with Crippen LogP contribution in [0.25, 0.3) is 0 Å². The van der Waals surface area contributed by atoms with Gasteiger partial charge in [0.15, 0.2) is 0 Å². The lowest BCUT2D eigenvalue weighted by molar-refractivity contribution is -0.294. The standard InChI is InChI=1S/C13H17NO8/c15-5-8-9(16)10(17)11(18)13(21-8)22-14-7-4-2-1-3-6(7)12(19)20/h1-4,8-11,13-18H,5H2,(H,19,20)/t8-,9-,10+,11-,13?/m1/s1. The van der Waals surface area contributed by atoms with Gasteiger partial charge in [0.1, 0.15) is 24.4 Å². The molecule has 0 saturated carbocycles. The van der Waals surface area contributed by atoms with Crippen LogP contribution in [0.4, 0.5) is 5.69 Å². The van der Waals surface area contributed by atoms with Gasteiger partial charge >= 0.3 is 5.97 Å². The monoisotopic (exact) mass is 315 g/mol. The molecule has 0 aliphatic carbocycles. The summed E-state index contributed by atoms with van der Waals surface area (Å²) in [5.74, 6) is -1.18. The second-order valence-electron chi connectivity index (χ2n) is 4.77. The van der Waals surface area contributed by atoms with Crippen molar-refractivity contribution in [1.82, 2.24) is 0 Å². The molecule has 0 aromatic heterocycles. The van der Waals surface area contributed by atoms with Crippen molar-refractivity contribution in [3.63, 3.8) is 0 Å². The normalized spacial score (nSPS) is 31.7. The molecule has 1 saturated heterocycles. The van der Waals surface area contributed by atoms with Gasteiger partial charge in [-0.1, -0.05) is 12.1 Å². The van der Waals surface area contributed by atoms with Crippen LogP contribution in [0.3, 0.4) is 0 Å². The van der Waals surface area contributed by atoms with E-state index in [2.05, 4.69) is 5.48 Å². The molecule has 1 unspecified atom stereocenters. The highest BCUT2D eigenvalue weighted by molar-refractivity contribution is 5.93. The van der Waals surface area contributed by atoms with Crippen LogP contribution >= 0.6 is 0 Å². The number of carboxylic acid groups (broad SMARTS) is 1. The van der Waals surface area contributed by atoms with E-state index in [1.807, 2.05) is 0 Å². The molecule has 0 spiro atoms. The minimum Gasteiger partial charge on any atom is -0.478 e. The molecule has 0 radical (unpaired) electrons. The second-order valence-corrected chi connectivity index (χ2v) is 4.77. The minimum absolute atomic E-state index is 0.0629. The number of nitrogens with one attached hydrogen (secondary N) is 1. The van der Waals surface area contributed by atoms with E-state index >= 15 is 0 Å². The van der Waals surface area contributed by atoms with Crippen LogP contribution in [0.5, 0.6) is 0 Å². The van der Waals surface area contributed by atoms with Crippen molar-refractivity contribution >= 4 is 11.7 Å². The highest BCUT2D eigenvalue weighted by atomic mass is 16.8. The fraction of sp³-hybridized carbons (Fsp3) is 0.462. The molecule has 1 fully saturated rings. The van der Waals surface area contributed by atoms with Gasteiger partial charge in [-0.25, -0.2) is 9.63 Å². The van der Waals surface area contributed by atoms with Gasteiger partial charge in [-0.15, -0.1) is 0 Å². The van der Waals surface area contributed by atoms with Crippen LogP contribution in [0.2, 0.25) is 0 Å². The highest BCUT2D eigenvalue weighted by Gasteiger charge is 2.44. The zero-order valence-electron chi connectivity index (χ0n) is 11.4. The van der Waals surface area contributed by atoms with Crippen LogP contribution < -0.4 is 5.48 Å². The number of aromatic carboxylic acids is 1. The molecule has 1 aromatic rings. The topological polar surface area (TPSA) is 149 Å². The Morgan fingerprint density at radius 3 is 2.50 bits per heavy atom. The smallest absolute Gasteiger partial charge is 0.337 e. The number of hydrogen-bond acceptors (Lipinski definition) is 8. The fourth-order valence-electron chi connectivity index (χ4n) is 2.04. The number of benzene rings is 1. The van der Waals surface area contributed by atoms with E-state index in [1.54, 1.807) is 6.07 Å². The van der Waals surface area contributed by atoms with Crippen molar-refractivity contribution in [3.05, 3.63) is 29.8 Å². The maximum atomic E-state index is 11.0. The number of rotatable bonds is 5. The van der Waals surface area contributed by atoms with E-state index in [9.17, 15) is 20.1 Å². The van der Waals surface area contributed by atoms with Gasteiger partial charge in [-0.05, 0) is 12.1 Å². The van der Waals surface area contributed by atoms with Crippen LogP contribution in [-0.4, -0.2) is 68.8 Å². The Balaban J connectivity index is 2.06. The lowest BCUT2D eigenvalue weighted by atomic mass is 9.99. The Kier molecular flexibility index (Phi) is 5.29. The Morgan fingerprint density at radius 2 is 1.86 bits per heavy atom. The van der Waals surface area contributed by atoms with Gasteiger partial charge in [0.2, 0.25) is 6.29 Å². The predicted molar refractivity (Wildman–Crippen MR) is 71.9 cm³/mol. The number of carbonyl (C=O) groups is 1. The zero-order chi connectivity index (χ0) is 16.3. The first-order valence-corrected chi connectivity index (χ1v) is 6.50. The molecule has 0 amide bonds. The van der Waals surface area contributed by atoms with Crippen LogP contribution in [0.15, 0.2) is 24.3 Å². The SMILES string of the molecule is O=C(O)c1ccccc1NOC1O[C@H](CO)[C@@H](O)[C@H](O)[C@H]1O. The molecule has 1 aliphatic rings. The summed E-state index contributed by atoms with van der Waals surface area (Å²) >= 11 is 0. The molecule has 1 aromatic carbocycles. The van der Waals surface area contributed by atoms with Gasteiger partial charge in [0, 0.05) is 0 Å². The summed E-state index contributed by atoms with van der Waals surface area (Å²) in [7, 11) is 0. The Labute approximate surface area is 125 Å². The van der Waals surface area contributed by atoms with E-state index in [1.165, 1.54) is 18.2 Å². The lowest BCUT2D eigenvalue weighted by Crippen LogP contribution is -2.59. The van der Waals surface area contributed by atoms with Crippen molar-refractivity contribution in [1.29, 1.82) is 0 Å². The van der Waals surface area contributed by atoms with Gasteiger partial charge < -0.3 is 30.3 Å². The molecule has 5 atom stereocenters. The van der Waals surface area contributed by atoms with Crippen molar-refractivity contribution in [2.75, 3.05) is 12.1 Å². The fourth-order valence-corrected chi connectivity index (χ4v) is 2.04. The van der Waals surface area contributed by atoms with Crippen molar-refractivity contribution in [2.24, 2.45) is 0 Å². The first-order chi connectivity index (χ1) is 10.5.